The fourth-order valence-corrected chi connectivity index (χ4v) is 1.82. The number of anilines is 1. The average Bonchev–Trinajstić information content (AvgIpc) is 2.39. The molecule has 0 unspecified atom stereocenters. The predicted molar refractivity (Wildman–Crippen MR) is 76.8 cm³/mol. The molecule has 0 atom stereocenters. The first kappa shape index (κ1) is 13.1. The van der Waals surface area contributed by atoms with Gasteiger partial charge in [-0.25, -0.2) is 4.79 Å². The normalized spacial score (nSPS) is 10.5. The Morgan fingerprint density at radius 1 is 1.05 bits per heavy atom. The molecule has 0 aromatic heterocycles. The van der Waals surface area contributed by atoms with Gasteiger partial charge in [-0.2, -0.15) is 0 Å². The molecule has 0 fully saturated rings. The molecule has 0 saturated carbocycles. The minimum Gasteiger partial charge on any atom is -0.459 e. The van der Waals surface area contributed by atoms with Gasteiger partial charge in [0.25, 0.3) is 0 Å². The Labute approximate surface area is 113 Å². The lowest BCUT2D eigenvalue weighted by Crippen LogP contribution is -2.13. The molecule has 19 heavy (non-hydrogen) atoms. The van der Waals surface area contributed by atoms with Crippen LogP contribution in [0.3, 0.4) is 0 Å². The number of hydrogen-bond donors (Lipinski definition) is 1. The molecule has 2 rings (SSSR count). The van der Waals surface area contributed by atoms with Gasteiger partial charge in [0.15, 0.2) is 0 Å². The number of hydrogen-bond acceptors (Lipinski definition) is 3. The zero-order valence-electron chi connectivity index (χ0n) is 11.1. The second kappa shape index (κ2) is 5.57. The van der Waals surface area contributed by atoms with Crippen LogP contribution in [0, 0.1) is 0 Å². The highest BCUT2D eigenvalue weighted by atomic mass is 16.5. The van der Waals surface area contributed by atoms with Crippen LogP contribution in [0.5, 0.6) is 0 Å². The van der Waals surface area contributed by atoms with E-state index in [1.54, 1.807) is 12.1 Å². The molecule has 0 amide bonds. The molecular weight excluding hydrogens is 238 g/mol. The van der Waals surface area contributed by atoms with E-state index in [1.807, 2.05) is 50.2 Å². The van der Waals surface area contributed by atoms with Gasteiger partial charge in [0, 0.05) is 5.69 Å². The van der Waals surface area contributed by atoms with Gasteiger partial charge < -0.3 is 10.5 Å². The molecule has 0 aliphatic rings. The third kappa shape index (κ3) is 3.13. The fourth-order valence-electron chi connectivity index (χ4n) is 1.82. The zero-order valence-corrected chi connectivity index (χ0v) is 11.1. The molecule has 98 valence electrons. The van der Waals surface area contributed by atoms with Crippen LogP contribution in [0.2, 0.25) is 0 Å². The van der Waals surface area contributed by atoms with E-state index in [4.69, 9.17) is 10.5 Å². The van der Waals surface area contributed by atoms with Gasteiger partial charge in [0.1, 0.15) is 0 Å². The van der Waals surface area contributed by atoms with Crippen molar-refractivity contribution < 1.29 is 9.53 Å². The maximum atomic E-state index is 12.0. The van der Waals surface area contributed by atoms with E-state index in [1.165, 1.54) is 0 Å². The van der Waals surface area contributed by atoms with Crippen LogP contribution in [-0.2, 0) is 4.74 Å². The van der Waals surface area contributed by atoms with Crippen molar-refractivity contribution in [3.8, 4) is 11.1 Å². The maximum absolute atomic E-state index is 12.0. The highest BCUT2D eigenvalue weighted by molar-refractivity contribution is 5.96. The van der Waals surface area contributed by atoms with E-state index in [9.17, 15) is 4.79 Å². The third-order valence-corrected chi connectivity index (χ3v) is 2.72. The van der Waals surface area contributed by atoms with Crippen molar-refractivity contribution in [3.63, 3.8) is 0 Å². The molecule has 0 bridgehead atoms. The first-order chi connectivity index (χ1) is 9.08. The van der Waals surface area contributed by atoms with Gasteiger partial charge in [-0.15, -0.1) is 0 Å². The van der Waals surface area contributed by atoms with Gasteiger partial charge in [-0.3, -0.25) is 0 Å². The molecular formula is C16H17NO2. The summed E-state index contributed by atoms with van der Waals surface area (Å²) in [5.41, 5.74) is 8.68. The van der Waals surface area contributed by atoms with Crippen molar-refractivity contribution in [1.82, 2.24) is 0 Å². The summed E-state index contributed by atoms with van der Waals surface area (Å²) in [5, 5.41) is 0. The van der Waals surface area contributed by atoms with E-state index < -0.39 is 0 Å². The summed E-state index contributed by atoms with van der Waals surface area (Å²) in [5.74, 6) is -0.384. The smallest absolute Gasteiger partial charge is 0.340 e. The van der Waals surface area contributed by atoms with E-state index in [2.05, 4.69) is 0 Å². The van der Waals surface area contributed by atoms with Crippen molar-refractivity contribution in [1.29, 1.82) is 0 Å². The summed E-state index contributed by atoms with van der Waals surface area (Å²) < 4.78 is 5.19. The molecule has 0 aliphatic carbocycles. The first-order valence-corrected chi connectivity index (χ1v) is 6.24. The summed E-state index contributed by atoms with van der Waals surface area (Å²) in [6.45, 7) is 3.63. The Morgan fingerprint density at radius 2 is 1.74 bits per heavy atom. The van der Waals surface area contributed by atoms with Crippen LogP contribution in [0.4, 0.5) is 5.69 Å². The second-order valence-corrected chi connectivity index (χ2v) is 4.62. The SMILES string of the molecule is CC(C)OC(=O)c1cc(-c2ccccc2)ccc1N. The molecule has 0 aliphatic heterocycles. The Bertz CT molecular complexity index is 577. The minimum atomic E-state index is -0.384. The summed E-state index contributed by atoms with van der Waals surface area (Å²) >= 11 is 0. The molecule has 3 nitrogen and oxygen atoms in total. The molecule has 2 N–H and O–H groups in total. The van der Waals surface area contributed by atoms with Crippen molar-refractivity contribution >= 4 is 11.7 Å². The van der Waals surface area contributed by atoms with Crippen LogP contribution in [0.15, 0.2) is 48.5 Å². The largest absolute Gasteiger partial charge is 0.459 e. The Morgan fingerprint density at radius 3 is 2.37 bits per heavy atom. The van der Waals surface area contributed by atoms with E-state index in [0.29, 0.717) is 11.3 Å². The standard InChI is InChI=1S/C16H17NO2/c1-11(2)19-16(18)14-10-13(8-9-15(14)17)12-6-4-3-5-7-12/h3-11H,17H2,1-2H3. The van der Waals surface area contributed by atoms with Gasteiger partial charge in [-0.1, -0.05) is 36.4 Å². The number of nitrogen functional groups attached to an aromatic ring is 1. The molecule has 2 aromatic carbocycles. The predicted octanol–water partition coefficient (Wildman–Crippen LogP) is 3.50. The van der Waals surface area contributed by atoms with Gasteiger partial charge in [0.2, 0.25) is 0 Å². The van der Waals surface area contributed by atoms with Crippen LogP contribution in [0.1, 0.15) is 24.2 Å². The number of benzene rings is 2. The number of rotatable bonds is 3. The van der Waals surface area contributed by atoms with Crippen LogP contribution >= 0.6 is 0 Å². The number of carbonyl (C=O) groups is 1. The number of esters is 1. The number of nitrogens with two attached hydrogens (primary N) is 1. The summed E-state index contributed by atoms with van der Waals surface area (Å²) in [7, 11) is 0. The first-order valence-electron chi connectivity index (χ1n) is 6.24. The summed E-state index contributed by atoms with van der Waals surface area (Å²) in [4.78, 5) is 12.0. The van der Waals surface area contributed by atoms with Crippen molar-refractivity contribution in [2.75, 3.05) is 5.73 Å². The Balaban J connectivity index is 2.38. The van der Waals surface area contributed by atoms with Crippen molar-refractivity contribution in [2.24, 2.45) is 0 Å². The number of carbonyl (C=O) groups excluding carboxylic acids is 1. The van der Waals surface area contributed by atoms with E-state index >= 15 is 0 Å². The van der Waals surface area contributed by atoms with Crippen molar-refractivity contribution in [2.45, 2.75) is 20.0 Å². The monoisotopic (exact) mass is 255 g/mol. The lowest BCUT2D eigenvalue weighted by molar-refractivity contribution is 0.0379. The van der Waals surface area contributed by atoms with Crippen molar-refractivity contribution in [3.05, 3.63) is 54.1 Å². The lowest BCUT2D eigenvalue weighted by atomic mass is 10.0. The van der Waals surface area contributed by atoms with Gasteiger partial charge in [-0.05, 0) is 37.1 Å². The highest BCUT2D eigenvalue weighted by Crippen LogP contribution is 2.24. The van der Waals surface area contributed by atoms with Gasteiger partial charge >= 0.3 is 5.97 Å². The third-order valence-electron chi connectivity index (χ3n) is 2.72. The quantitative estimate of drug-likeness (QED) is 0.674. The lowest BCUT2D eigenvalue weighted by Gasteiger charge is -2.11. The van der Waals surface area contributed by atoms with Crippen LogP contribution < -0.4 is 5.73 Å². The Kier molecular flexibility index (Phi) is 3.85. The molecule has 3 heteroatoms. The molecule has 2 aromatic rings. The molecule has 0 spiro atoms. The van der Waals surface area contributed by atoms with Crippen LogP contribution in [-0.4, -0.2) is 12.1 Å². The second-order valence-electron chi connectivity index (χ2n) is 4.62. The topological polar surface area (TPSA) is 52.3 Å². The van der Waals surface area contributed by atoms with Gasteiger partial charge in [0.05, 0.1) is 11.7 Å². The molecule has 0 heterocycles. The minimum absolute atomic E-state index is 0.160. The highest BCUT2D eigenvalue weighted by Gasteiger charge is 2.14. The summed E-state index contributed by atoms with van der Waals surface area (Å²) in [6.07, 6.45) is -0.160. The summed E-state index contributed by atoms with van der Waals surface area (Å²) in [6, 6.07) is 15.3. The van der Waals surface area contributed by atoms with E-state index in [-0.39, 0.29) is 12.1 Å². The maximum Gasteiger partial charge on any atom is 0.340 e. The molecule has 0 radical (unpaired) electrons. The molecule has 0 saturated heterocycles. The average molecular weight is 255 g/mol. The zero-order chi connectivity index (χ0) is 13.8. The van der Waals surface area contributed by atoms with E-state index in [0.717, 1.165) is 11.1 Å². The Hall–Kier alpha value is -2.29. The fraction of sp³-hybridized carbons (Fsp3) is 0.188. The number of ether oxygens (including phenoxy) is 1. The van der Waals surface area contributed by atoms with Crippen LogP contribution in [0.25, 0.3) is 11.1 Å².